The Bertz CT molecular complexity index is 611. The van der Waals surface area contributed by atoms with Crippen molar-refractivity contribution in [3.8, 4) is 0 Å². The van der Waals surface area contributed by atoms with Crippen molar-refractivity contribution >= 4 is 28.8 Å². The molecule has 0 aliphatic rings. The van der Waals surface area contributed by atoms with Gasteiger partial charge in [0.1, 0.15) is 0 Å². The SMILES string of the molecule is O=C(Nc1ccccc1C(=O)NCCCO)c1cccs1. The van der Waals surface area contributed by atoms with Crippen molar-refractivity contribution in [2.45, 2.75) is 6.42 Å². The molecular formula is C15H16N2O3S. The first-order valence-corrected chi connectivity index (χ1v) is 7.43. The molecule has 0 saturated heterocycles. The topological polar surface area (TPSA) is 78.4 Å². The highest BCUT2D eigenvalue weighted by molar-refractivity contribution is 7.12. The number of hydrogen-bond acceptors (Lipinski definition) is 4. The van der Waals surface area contributed by atoms with Crippen LogP contribution in [0.5, 0.6) is 0 Å². The second-order valence-corrected chi connectivity index (χ2v) is 5.26. The van der Waals surface area contributed by atoms with Crippen LogP contribution in [0.2, 0.25) is 0 Å². The van der Waals surface area contributed by atoms with Gasteiger partial charge < -0.3 is 15.7 Å². The largest absolute Gasteiger partial charge is 0.396 e. The lowest BCUT2D eigenvalue weighted by Gasteiger charge is -2.10. The van der Waals surface area contributed by atoms with Gasteiger partial charge in [0.2, 0.25) is 0 Å². The number of aliphatic hydroxyl groups excluding tert-OH is 1. The molecule has 3 N–H and O–H groups in total. The molecule has 21 heavy (non-hydrogen) atoms. The first kappa shape index (κ1) is 15.2. The Hall–Kier alpha value is -2.18. The number of nitrogens with one attached hydrogen (secondary N) is 2. The van der Waals surface area contributed by atoms with E-state index in [4.69, 9.17) is 5.11 Å². The standard InChI is InChI=1S/C15H16N2O3S/c18-9-4-8-16-14(19)11-5-1-2-6-12(11)17-15(20)13-7-3-10-21-13/h1-3,5-7,10,18H,4,8-9H2,(H,16,19)(H,17,20). The molecule has 1 aromatic carbocycles. The van der Waals surface area contributed by atoms with Crippen molar-refractivity contribution in [3.05, 3.63) is 52.2 Å². The molecule has 0 aliphatic heterocycles. The maximum atomic E-state index is 12.1. The Balaban J connectivity index is 2.09. The van der Waals surface area contributed by atoms with Gasteiger partial charge in [-0.1, -0.05) is 18.2 Å². The minimum Gasteiger partial charge on any atom is -0.396 e. The van der Waals surface area contributed by atoms with Crippen LogP contribution in [-0.4, -0.2) is 30.1 Å². The minimum atomic E-state index is -0.273. The molecule has 0 fully saturated rings. The number of anilines is 1. The van der Waals surface area contributed by atoms with Gasteiger partial charge in [0.25, 0.3) is 11.8 Å². The Morgan fingerprint density at radius 3 is 2.62 bits per heavy atom. The van der Waals surface area contributed by atoms with E-state index in [1.165, 1.54) is 11.3 Å². The molecule has 0 unspecified atom stereocenters. The molecule has 110 valence electrons. The van der Waals surface area contributed by atoms with Crippen LogP contribution in [0.25, 0.3) is 0 Å². The van der Waals surface area contributed by atoms with Crippen LogP contribution in [0, 0.1) is 0 Å². The van der Waals surface area contributed by atoms with E-state index >= 15 is 0 Å². The third-order valence-electron chi connectivity index (χ3n) is 2.79. The molecule has 2 aromatic rings. The molecule has 5 nitrogen and oxygen atoms in total. The van der Waals surface area contributed by atoms with E-state index in [9.17, 15) is 9.59 Å². The molecule has 0 bridgehead atoms. The molecule has 6 heteroatoms. The molecule has 0 spiro atoms. The summed E-state index contributed by atoms with van der Waals surface area (Å²) in [4.78, 5) is 24.7. The zero-order chi connectivity index (χ0) is 15.1. The number of aliphatic hydroxyl groups is 1. The second kappa shape index (κ2) is 7.56. The van der Waals surface area contributed by atoms with E-state index in [1.807, 2.05) is 5.38 Å². The van der Waals surface area contributed by atoms with Gasteiger partial charge in [0.15, 0.2) is 0 Å². The van der Waals surface area contributed by atoms with E-state index in [1.54, 1.807) is 36.4 Å². The summed E-state index contributed by atoms with van der Waals surface area (Å²) in [5.41, 5.74) is 0.873. The lowest BCUT2D eigenvalue weighted by atomic mass is 10.1. The predicted octanol–water partition coefficient (Wildman–Crippen LogP) is 2.11. The normalized spacial score (nSPS) is 10.1. The number of carbonyl (C=O) groups is 2. The fourth-order valence-corrected chi connectivity index (χ4v) is 2.38. The van der Waals surface area contributed by atoms with E-state index in [0.29, 0.717) is 29.1 Å². The van der Waals surface area contributed by atoms with Gasteiger partial charge in [-0.2, -0.15) is 0 Å². The zero-order valence-electron chi connectivity index (χ0n) is 11.3. The highest BCUT2D eigenvalue weighted by Gasteiger charge is 2.13. The Morgan fingerprint density at radius 1 is 1.10 bits per heavy atom. The monoisotopic (exact) mass is 304 g/mol. The minimum absolute atomic E-state index is 0.0248. The van der Waals surface area contributed by atoms with E-state index in [-0.39, 0.29) is 18.4 Å². The zero-order valence-corrected chi connectivity index (χ0v) is 12.2. The van der Waals surface area contributed by atoms with E-state index < -0.39 is 0 Å². The number of thiophene rings is 1. The van der Waals surface area contributed by atoms with Gasteiger partial charge >= 0.3 is 0 Å². The predicted molar refractivity (Wildman–Crippen MR) is 82.8 cm³/mol. The maximum Gasteiger partial charge on any atom is 0.265 e. The molecular weight excluding hydrogens is 288 g/mol. The molecule has 0 aliphatic carbocycles. The summed E-state index contributed by atoms with van der Waals surface area (Å²) >= 11 is 1.34. The number of para-hydroxylation sites is 1. The molecule has 0 saturated carbocycles. The molecule has 1 aromatic heterocycles. The summed E-state index contributed by atoms with van der Waals surface area (Å²) in [6.45, 7) is 0.416. The Morgan fingerprint density at radius 2 is 1.90 bits per heavy atom. The average Bonchev–Trinajstić information content (AvgIpc) is 3.02. The summed E-state index contributed by atoms with van der Waals surface area (Å²) < 4.78 is 0. The lowest BCUT2D eigenvalue weighted by Crippen LogP contribution is -2.26. The summed E-state index contributed by atoms with van der Waals surface area (Å²) in [5.74, 6) is -0.508. The van der Waals surface area contributed by atoms with Crippen LogP contribution in [-0.2, 0) is 0 Å². The van der Waals surface area contributed by atoms with E-state index in [2.05, 4.69) is 10.6 Å². The fourth-order valence-electron chi connectivity index (χ4n) is 1.76. The van der Waals surface area contributed by atoms with Crippen LogP contribution in [0.3, 0.4) is 0 Å². The smallest absolute Gasteiger partial charge is 0.265 e. The quantitative estimate of drug-likeness (QED) is 0.715. The summed E-state index contributed by atoms with van der Waals surface area (Å²) in [5, 5.41) is 16.0. The van der Waals surface area contributed by atoms with Crippen molar-refractivity contribution in [2.75, 3.05) is 18.5 Å². The van der Waals surface area contributed by atoms with Crippen molar-refractivity contribution in [1.82, 2.24) is 5.32 Å². The maximum absolute atomic E-state index is 12.1. The number of hydrogen-bond donors (Lipinski definition) is 3. The van der Waals surface area contributed by atoms with Crippen molar-refractivity contribution < 1.29 is 14.7 Å². The van der Waals surface area contributed by atoms with E-state index in [0.717, 1.165) is 0 Å². The van der Waals surface area contributed by atoms with Crippen molar-refractivity contribution in [1.29, 1.82) is 0 Å². The summed E-state index contributed by atoms with van der Waals surface area (Å²) in [6.07, 6.45) is 0.495. The van der Waals surface area contributed by atoms with Gasteiger partial charge in [-0.15, -0.1) is 11.3 Å². The first-order chi connectivity index (χ1) is 10.2. The number of rotatable bonds is 6. The van der Waals surface area contributed by atoms with Crippen LogP contribution in [0.4, 0.5) is 5.69 Å². The van der Waals surface area contributed by atoms with Crippen LogP contribution < -0.4 is 10.6 Å². The van der Waals surface area contributed by atoms with Crippen LogP contribution in [0.1, 0.15) is 26.5 Å². The van der Waals surface area contributed by atoms with Gasteiger partial charge in [-0.25, -0.2) is 0 Å². The number of benzene rings is 1. The third-order valence-corrected chi connectivity index (χ3v) is 3.65. The number of carbonyl (C=O) groups excluding carboxylic acids is 2. The highest BCUT2D eigenvalue weighted by Crippen LogP contribution is 2.17. The van der Waals surface area contributed by atoms with Gasteiger partial charge in [0, 0.05) is 13.2 Å². The summed E-state index contributed by atoms with van der Waals surface area (Å²) in [6, 6.07) is 10.4. The first-order valence-electron chi connectivity index (χ1n) is 6.55. The molecule has 2 rings (SSSR count). The number of amides is 2. The lowest BCUT2D eigenvalue weighted by molar-refractivity contribution is 0.0952. The Labute approximate surface area is 126 Å². The second-order valence-electron chi connectivity index (χ2n) is 4.31. The molecule has 0 radical (unpaired) electrons. The Kier molecular flexibility index (Phi) is 5.48. The molecule has 1 heterocycles. The van der Waals surface area contributed by atoms with Crippen molar-refractivity contribution in [3.63, 3.8) is 0 Å². The fraction of sp³-hybridized carbons (Fsp3) is 0.200. The van der Waals surface area contributed by atoms with Gasteiger partial charge in [-0.3, -0.25) is 9.59 Å². The molecule has 2 amide bonds. The van der Waals surface area contributed by atoms with Gasteiger partial charge in [-0.05, 0) is 30.0 Å². The average molecular weight is 304 g/mol. The molecule has 0 atom stereocenters. The summed E-state index contributed by atoms with van der Waals surface area (Å²) in [7, 11) is 0. The van der Waals surface area contributed by atoms with Crippen LogP contribution in [0.15, 0.2) is 41.8 Å². The van der Waals surface area contributed by atoms with Crippen molar-refractivity contribution in [2.24, 2.45) is 0 Å². The third kappa shape index (κ3) is 4.14. The highest BCUT2D eigenvalue weighted by atomic mass is 32.1. The van der Waals surface area contributed by atoms with Gasteiger partial charge in [0.05, 0.1) is 16.1 Å². The van der Waals surface area contributed by atoms with Crippen LogP contribution >= 0.6 is 11.3 Å².